The monoisotopic (exact) mass is 925 g/mol. The molecule has 5 aromatic rings. The number of hydrogen-bond acceptors (Lipinski definition) is 11. The van der Waals surface area contributed by atoms with Crippen molar-refractivity contribution in [3.05, 3.63) is 78.1 Å². The lowest BCUT2D eigenvalue weighted by Crippen LogP contribution is -2.54. The molecule has 0 radical (unpaired) electrons. The number of rotatable bonds is 9. The van der Waals surface area contributed by atoms with Gasteiger partial charge in [-0.3, -0.25) is 15.0 Å². The molecular formula is C52H61F2N11O3. The van der Waals surface area contributed by atoms with Crippen molar-refractivity contribution in [2.45, 2.75) is 108 Å². The zero-order chi connectivity index (χ0) is 46.3. The van der Waals surface area contributed by atoms with Gasteiger partial charge in [-0.05, 0) is 161 Å². The van der Waals surface area contributed by atoms with Crippen LogP contribution in [0.1, 0.15) is 101 Å². The van der Waals surface area contributed by atoms with Gasteiger partial charge >= 0.3 is 6.03 Å². The van der Waals surface area contributed by atoms with Crippen molar-refractivity contribution in [3.63, 3.8) is 0 Å². The Bertz CT molecular complexity index is 2740. The number of fused-ring (bicyclic) bond motifs is 3. The van der Waals surface area contributed by atoms with Gasteiger partial charge in [-0.25, -0.2) is 18.6 Å². The Hall–Kier alpha value is -6.03. The molecule has 2 unspecified atom stereocenters. The highest BCUT2D eigenvalue weighted by atomic mass is 19.1. The van der Waals surface area contributed by atoms with Gasteiger partial charge in [0.25, 0.3) is 0 Å². The van der Waals surface area contributed by atoms with Gasteiger partial charge in [0.15, 0.2) is 5.82 Å². The normalized spacial score (nSPS) is 23.9. The Labute approximate surface area is 395 Å². The number of aromatic hydroxyl groups is 1. The SMILES string of the molecule is Nc1nnc(-c2cc(F)ccc2O)cc1N1CC2CCC(C1)N2c1ccc(F)c(N2CCC(CN3CCC4(CCC(n5cc(C6CC6)c6cc(N7CCC(=O)NC7=O)cnc65)CC4)CC3)CC2)c1. The molecule has 2 saturated carbocycles. The van der Waals surface area contributed by atoms with E-state index in [4.69, 9.17) is 10.7 Å². The first-order valence-electron chi connectivity index (χ1n) is 25.1. The molecule has 16 heteroatoms. The van der Waals surface area contributed by atoms with Gasteiger partial charge < -0.3 is 35.0 Å². The van der Waals surface area contributed by atoms with Crippen molar-refractivity contribution in [2.24, 2.45) is 11.3 Å². The lowest BCUT2D eigenvalue weighted by Gasteiger charge is -2.47. The molecule has 14 nitrogen and oxygen atoms in total. The largest absolute Gasteiger partial charge is 0.507 e. The highest BCUT2D eigenvalue weighted by molar-refractivity contribution is 6.06. The van der Waals surface area contributed by atoms with E-state index in [1.165, 1.54) is 62.3 Å². The Morgan fingerprint density at radius 2 is 1.53 bits per heavy atom. The van der Waals surface area contributed by atoms with Crippen molar-refractivity contribution >= 4 is 51.5 Å². The van der Waals surface area contributed by atoms with Crippen LogP contribution in [-0.2, 0) is 4.79 Å². The molecule has 3 aromatic heterocycles. The van der Waals surface area contributed by atoms with Gasteiger partial charge in [-0.1, -0.05) is 0 Å². The molecule has 3 amide bonds. The number of nitrogens with zero attached hydrogens (tertiary/aromatic N) is 9. The minimum Gasteiger partial charge on any atom is -0.507 e. The van der Waals surface area contributed by atoms with E-state index < -0.39 is 5.82 Å². The summed E-state index contributed by atoms with van der Waals surface area (Å²) in [7, 11) is 0. The van der Waals surface area contributed by atoms with Crippen molar-refractivity contribution in [2.75, 3.05) is 77.7 Å². The highest BCUT2D eigenvalue weighted by Gasteiger charge is 2.43. The molecule has 356 valence electrons. The summed E-state index contributed by atoms with van der Waals surface area (Å²) in [5, 5.41) is 22.4. The number of aromatic nitrogens is 4. The maximum Gasteiger partial charge on any atom is 0.328 e. The fourth-order valence-electron chi connectivity index (χ4n) is 12.9. The second-order valence-corrected chi connectivity index (χ2v) is 21.0. The van der Waals surface area contributed by atoms with E-state index in [1.54, 1.807) is 17.0 Å². The number of likely N-dealkylation sites (tertiary alicyclic amines) is 1. The number of benzene rings is 2. The van der Waals surface area contributed by atoms with E-state index in [9.17, 15) is 19.1 Å². The number of pyridine rings is 1. The van der Waals surface area contributed by atoms with Gasteiger partial charge in [0.1, 0.15) is 23.0 Å². The van der Waals surface area contributed by atoms with E-state index in [0.717, 1.165) is 99.3 Å². The van der Waals surface area contributed by atoms with E-state index >= 15 is 4.39 Å². The van der Waals surface area contributed by atoms with Crippen LogP contribution in [0.3, 0.4) is 0 Å². The summed E-state index contributed by atoms with van der Waals surface area (Å²) >= 11 is 0. The number of nitrogens with one attached hydrogen (secondary N) is 1. The first-order chi connectivity index (χ1) is 33.0. The Morgan fingerprint density at radius 3 is 2.26 bits per heavy atom. The number of phenolic OH excluding ortho intramolecular Hbond substituents is 1. The van der Waals surface area contributed by atoms with Crippen LogP contribution in [0.4, 0.5) is 42.1 Å². The third-order valence-electron chi connectivity index (χ3n) is 17.0. The van der Waals surface area contributed by atoms with Crippen molar-refractivity contribution in [1.82, 2.24) is 30.0 Å². The number of piperazine rings is 1. The van der Waals surface area contributed by atoms with Gasteiger partial charge in [0, 0.05) is 86.6 Å². The van der Waals surface area contributed by atoms with Gasteiger partial charge in [0.05, 0.1) is 29.0 Å². The predicted molar refractivity (Wildman–Crippen MR) is 259 cm³/mol. The van der Waals surface area contributed by atoms with Crippen LogP contribution >= 0.6 is 0 Å². The number of piperidine rings is 2. The fourth-order valence-corrected chi connectivity index (χ4v) is 12.9. The molecule has 68 heavy (non-hydrogen) atoms. The number of urea groups is 1. The van der Waals surface area contributed by atoms with E-state index in [-0.39, 0.29) is 41.2 Å². The van der Waals surface area contributed by atoms with Crippen LogP contribution < -0.4 is 30.7 Å². The van der Waals surface area contributed by atoms with Crippen LogP contribution in [0, 0.1) is 23.0 Å². The maximum atomic E-state index is 15.7. The fraction of sp³-hybridized carbons (Fsp3) is 0.519. The minimum atomic E-state index is -0.469. The summed E-state index contributed by atoms with van der Waals surface area (Å²) in [6.45, 7) is 6.91. The van der Waals surface area contributed by atoms with E-state index in [2.05, 4.69) is 58.0 Å². The summed E-state index contributed by atoms with van der Waals surface area (Å²) in [6.07, 6.45) is 18.3. The van der Waals surface area contributed by atoms with Crippen molar-refractivity contribution in [1.29, 1.82) is 0 Å². The smallest absolute Gasteiger partial charge is 0.328 e. The van der Waals surface area contributed by atoms with Crippen molar-refractivity contribution < 1.29 is 23.5 Å². The molecule has 2 aliphatic carbocycles. The number of carbonyl (C=O) groups is 2. The third kappa shape index (κ3) is 8.05. The third-order valence-corrected chi connectivity index (χ3v) is 17.0. The second-order valence-electron chi connectivity index (χ2n) is 21.0. The van der Waals surface area contributed by atoms with Gasteiger partial charge in [0.2, 0.25) is 5.91 Å². The topological polar surface area (TPSA) is 152 Å². The molecule has 4 N–H and O–H groups in total. The molecule has 2 aromatic carbocycles. The number of anilines is 5. The molecule has 2 atom stereocenters. The van der Waals surface area contributed by atoms with Crippen LogP contribution in [-0.4, -0.2) is 106 Å². The summed E-state index contributed by atoms with van der Waals surface area (Å²) in [5.74, 6) is 0.524. The zero-order valence-electron chi connectivity index (χ0n) is 38.6. The lowest BCUT2D eigenvalue weighted by molar-refractivity contribution is -0.120. The van der Waals surface area contributed by atoms with Gasteiger partial charge in [-0.15, -0.1) is 10.2 Å². The Kier molecular flexibility index (Phi) is 10.9. The average molecular weight is 926 g/mol. The van der Waals surface area contributed by atoms with E-state index in [1.807, 2.05) is 12.3 Å². The first kappa shape index (κ1) is 43.3. The summed E-state index contributed by atoms with van der Waals surface area (Å²) < 4.78 is 32.2. The summed E-state index contributed by atoms with van der Waals surface area (Å²) in [6, 6.07) is 13.8. The maximum absolute atomic E-state index is 15.7. The number of amides is 3. The standard InChI is InChI=1S/C52H61F2N11O3/c53-34-3-8-47(66)41(23-34)44-26-46(49(55)59-58-44)62-29-37-4-5-38(30-62)65(37)36-6-7-43(54)45(25-36)61-18-11-32(12-19-61)28-60-21-16-52(17-22-60)14-9-35(10-15-52)64-31-42(33-1-2-33)40-24-39(27-56-50(40)64)63-20-13-48(67)57-51(63)68/h3,6-8,23-27,31-33,35,37-38,66H,1-2,4-5,9-22,28-30H2,(H2,55,59)(H,57,67,68). The zero-order valence-corrected chi connectivity index (χ0v) is 38.6. The number of hydrogen-bond donors (Lipinski definition) is 3. The number of imide groups is 1. The number of nitrogen functional groups attached to an aromatic ring is 1. The minimum absolute atomic E-state index is 0.0716. The Balaban J connectivity index is 0.638. The summed E-state index contributed by atoms with van der Waals surface area (Å²) in [5.41, 5.74) is 13.0. The summed E-state index contributed by atoms with van der Waals surface area (Å²) in [4.78, 5) is 40.7. The lowest BCUT2D eigenvalue weighted by atomic mass is 9.67. The van der Waals surface area contributed by atoms with Crippen LogP contribution in [0.15, 0.2) is 60.9 Å². The number of nitrogens with two attached hydrogens (primary N) is 1. The van der Waals surface area contributed by atoms with Crippen molar-refractivity contribution in [3.8, 4) is 17.0 Å². The first-order valence-corrected chi connectivity index (χ1v) is 25.1. The molecule has 5 saturated heterocycles. The van der Waals surface area contributed by atoms with Gasteiger partial charge in [-0.2, -0.15) is 0 Å². The molecule has 2 bridgehead atoms. The molecule has 7 fully saturated rings. The molecular weight excluding hydrogens is 865 g/mol. The quantitative estimate of drug-likeness (QED) is 0.131. The van der Waals surface area contributed by atoms with E-state index in [0.29, 0.717) is 66.5 Å². The highest BCUT2D eigenvalue weighted by Crippen LogP contribution is 2.51. The average Bonchev–Trinajstić information content (AvgIpc) is 4.07. The molecule has 12 rings (SSSR count). The Morgan fingerprint density at radius 1 is 0.765 bits per heavy atom. The van der Waals surface area contributed by atoms with Crippen LogP contribution in [0.5, 0.6) is 5.75 Å². The van der Waals surface area contributed by atoms with Crippen LogP contribution in [0.25, 0.3) is 22.3 Å². The van der Waals surface area contributed by atoms with Crippen LogP contribution in [0.2, 0.25) is 0 Å². The number of halogens is 2. The molecule has 8 heterocycles. The number of carbonyl (C=O) groups excluding carboxylic acids is 2. The molecule has 1 spiro atoms. The molecule has 5 aliphatic heterocycles. The second kappa shape index (κ2) is 17.2. The molecule has 7 aliphatic rings. The predicted octanol–water partition coefficient (Wildman–Crippen LogP) is 8.35. The number of phenols is 1.